The number of imidazole rings is 1. The quantitative estimate of drug-likeness (QED) is 0.522. The number of carbonyl (C=O) groups excluding carboxylic acids is 1. The molecule has 0 N–H and O–H groups in total. The molecule has 0 atom stereocenters. The number of fused-ring (bicyclic) bond motifs is 1. The number of aromatic nitrogens is 2. The Kier molecular flexibility index (Phi) is 7.14. The summed E-state index contributed by atoms with van der Waals surface area (Å²) in [5, 5.41) is 0. The number of ether oxygens (including phenoxy) is 1. The summed E-state index contributed by atoms with van der Waals surface area (Å²) in [5.41, 5.74) is 3.72. The lowest BCUT2D eigenvalue weighted by Gasteiger charge is -2.34. The number of aryl methyl sites for hydroxylation is 1. The highest BCUT2D eigenvalue weighted by Crippen LogP contribution is 2.23. The highest BCUT2D eigenvalue weighted by atomic mass is 16.5. The average molecular weight is 461 g/mol. The number of nitrogens with zero attached hydrogens (tertiary/aromatic N) is 4. The number of amides is 1. The minimum Gasteiger partial charge on any atom is -0.487 e. The van der Waals surface area contributed by atoms with E-state index in [4.69, 9.17) is 4.74 Å². The summed E-state index contributed by atoms with van der Waals surface area (Å²) in [6.45, 7) is 7.90. The lowest BCUT2D eigenvalue weighted by Crippen LogP contribution is -2.41. The van der Waals surface area contributed by atoms with Gasteiger partial charge in [0.25, 0.3) is 5.91 Å². The van der Waals surface area contributed by atoms with Crippen molar-refractivity contribution in [1.82, 2.24) is 19.2 Å². The van der Waals surface area contributed by atoms with E-state index in [1.807, 2.05) is 52.0 Å². The molecule has 6 heteroatoms. The third-order valence-electron chi connectivity index (χ3n) is 7.33. The van der Waals surface area contributed by atoms with E-state index < -0.39 is 0 Å². The molecular weight excluding hydrogens is 424 g/mol. The maximum absolute atomic E-state index is 13.0. The van der Waals surface area contributed by atoms with Crippen LogP contribution in [0.5, 0.6) is 5.75 Å². The van der Waals surface area contributed by atoms with Gasteiger partial charge in [-0.25, -0.2) is 4.98 Å². The Morgan fingerprint density at radius 1 is 1.00 bits per heavy atom. The van der Waals surface area contributed by atoms with E-state index in [2.05, 4.69) is 22.9 Å². The van der Waals surface area contributed by atoms with Gasteiger partial charge in [-0.05, 0) is 87.5 Å². The first kappa shape index (κ1) is 22.9. The highest BCUT2D eigenvalue weighted by Gasteiger charge is 2.25. The Hall–Kier alpha value is -2.86. The molecule has 2 aromatic heterocycles. The van der Waals surface area contributed by atoms with Gasteiger partial charge < -0.3 is 18.9 Å². The number of carbonyl (C=O) groups is 1. The predicted molar refractivity (Wildman–Crippen MR) is 134 cm³/mol. The van der Waals surface area contributed by atoms with Gasteiger partial charge in [0.1, 0.15) is 18.0 Å². The summed E-state index contributed by atoms with van der Waals surface area (Å²) in [7, 11) is 0. The largest absolute Gasteiger partial charge is 0.487 e. The summed E-state index contributed by atoms with van der Waals surface area (Å²) < 4.78 is 7.95. The molecule has 6 nitrogen and oxygen atoms in total. The molecule has 0 radical (unpaired) electrons. The van der Waals surface area contributed by atoms with Gasteiger partial charge in [0.15, 0.2) is 0 Å². The number of hydrogen-bond donors (Lipinski definition) is 0. The van der Waals surface area contributed by atoms with Crippen LogP contribution >= 0.6 is 0 Å². The first-order valence-electron chi connectivity index (χ1n) is 12.8. The van der Waals surface area contributed by atoms with Gasteiger partial charge in [-0.15, -0.1) is 0 Å². The van der Waals surface area contributed by atoms with Gasteiger partial charge in [-0.3, -0.25) is 4.79 Å². The van der Waals surface area contributed by atoms with E-state index in [9.17, 15) is 4.79 Å². The minimum atomic E-state index is 0.135. The zero-order valence-corrected chi connectivity index (χ0v) is 20.3. The maximum Gasteiger partial charge on any atom is 0.253 e. The molecule has 1 amide bonds. The van der Waals surface area contributed by atoms with Gasteiger partial charge in [-0.2, -0.15) is 0 Å². The lowest BCUT2D eigenvalue weighted by atomic mass is 9.95. The molecule has 34 heavy (non-hydrogen) atoms. The number of pyridine rings is 1. The van der Waals surface area contributed by atoms with Gasteiger partial charge in [0, 0.05) is 37.6 Å². The van der Waals surface area contributed by atoms with E-state index in [1.54, 1.807) is 0 Å². The first-order chi connectivity index (χ1) is 16.7. The fourth-order valence-electron chi connectivity index (χ4n) is 5.31. The number of hydrogen-bond acceptors (Lipinski definition) is 4. The van der Waals surface area contributed by atoms with E-state index in [1.165, 1.54) is 45.3 Å². The van der Waals surface area contributed by atoms with Crippen molar-refractivity contribution < 1.29 is 9.53 Å². The molecule has 2 aliphatic rings. The SMILES string of the molecule is Cc1cccn2cc(COc3ccc(C(=O)N4CCC(CN5CCCCCC5)CC4)cc3)nc12. The monoisotopic (exact) mass is 460 g/mol. The van der Waals surface area contributed by atoms with Crippen LogP contribution in [0.4, 0.5) is 0 Å². The van der Waals surface area contributed by atoms with Crippen molar-refractivity contribution >= 4 is 11.6 Å². The molecule has 2 fully saturated rings. The lowest BCUT2D eigenvalue weighted by molar-refractivity contribution is 0.0668. The molecule has 0 aliphatic carbocycles. The summed E-state index contributed by atoms with van der Waals surface area (Å²) in [6.07, 6.45) is 11.7. The number of rotatable bonds is 6. The van der Waals surface area contributed by atoms with Crippen LogP contribution < -0.4 is 4.74 Å². The van der Waals surface area contributed by atoms with Gasteiger partial charge in [0.05, 0.1) is 5.69 Å². The fourth-order valence-corrected chi connectivity index (χ4v) is 5.31. The molecule has 1 aromatic carbocycles. The zero-order chi connectivity index (χ0) is 23.3. The van der Waals surface area contributed by atoms with Crippen LogP contribution in [0.3, 0.4) is 0 Å². The molecule has 0 bridgehead atoms. The van der Waals surface area contributed by atoms with Crippen molar-refractivity contribution in [1.29, 1.82) is 0 Å². The normalized spacial score (nSPS) is 18.2. The second-order valence-electron chi connectivity index (χ2n) is 9.92. The molecule has 0 spiro atoms. The second-order valence-corrected chi connectivity index (χ2v) is 9.92. The standard InChI is InChI=1S/C28H36N4O2/c1-22-7-6-16-32-20-25(29-27(22)32)21-34-26-10-8-24(9-11-26)28(33)31-17-12-23(13-18-31)19-30-14-4-2-3-5-15-30/h6-11,16,20,23H,2-5,12-15,17-19,21H2,1H3. The molecule has 3 aromatic rings. The molecule has 0 saturated carbocycles. The topological polar surface area (TPSA) is 50.1 Å². The summed E-state index contributed by atoms with van der Waals surface area (Å²) in [6, 6.07) is 11.6. The van der Waals surface area contributed by atoms with Crippen LogP contribution in [0.25, 0.3) is 5.65 Å². The molecule has 5 rings (SSSR count). The minimum absolute atomic E-state index is 0.135. The van der Waals surface area contributed by atoms with Gasteiger partial charge in [-0.1, -0.05) is 18.9 Å². The van der Waals surface area contributed by atoms with Crippen molar-refractivity contribution in [3.63, 3.8) is 0 Å². The Morgan fingerprint density at radius 3 is 2.44 bits per heavy atom. The highest BCUT2D eigenvalue weighted by molar-refractivity contribution is 5.94. The average Bonchev–Trinajstić information content (AvgIpc) is 3.13. The summed E-state index contributed by atoms with van der Waals surface area (Å²) in [4.78, 5) is 22.4. The Bertz CT molecular complexity index is 1090. The van der Waals surface area contributed by atoms with Crippen molar-refractivity contribution in [2.24, 2.45) is 5.92 Å². The first-order valence-corrected chi connectivity index (χ1v) is 12.8. The second kappa shape index (κ2) is 10.6. The van der Waals surface area contributed by atoms with Gasteiger partial charge >= 0.3 is 0 Å². The zero-order valence-electron chi connectivity index (χ0n) is 20.3. The van der Waals surface area contributed by atoms with Crippen LogP contribution in [0.2, 0.25) is 0 Å². The van der Waals surface area contributed by atoms with Crippen molar-refractivity contribution in [2.75, 3.05) is 32.7 Å². The van der Waals surface area contributed by atoms with Crippen molar-refractivity contribution in [3.8, 4) is 5.75 Å². The molecule has 180 valence electrons. The van der Waals surface area contributed by atoms with Crippen LogP contribution in [0, 0.1) is 12.8 Å². The molecule has 4 heterocycles. The molecule has 2 saturated heterocycles. The third-order valence-corrected chi connectivity index (χ3v) is 7.33. The van der Waals surface area contributed by atoms with Crippen LogP contribution in [0.1, 0.15) is 60.1 Å². The van der Waals surface area contributed by atoms with Crippen molar-refractivity contribution in [2.45, 2.75) is 52.1 Å². The number of piperidine rings is 1. The van der Waals surface area contributed by atoms with Crippen LogP contribution in [-0.2, 0) is 6.61 Å². The summed E-state index contributed by atoms with van der Waals surface area (Å²) >= 11 is 0. The Morgan fingerprint density at radius 2 is 1.74 bits per heavy atom. The van der Waals surface area contributed by atoms with Crippen LogP contribution in [-0.4, -0.2) is 57.8 Å². The smallest absolute Gasteiger partial charge is 0.253 e. The van der Waals surface area contributed by atoms with E-state index in [-0.39, 0.29) is 5.91 Å². The summed E-state index contributed by atoms with van der Waals surface area (Å²) in [5.74, 6) is 1.61. The predicted octanol–water partition coefficient (Wildman–Crippen LogP) is 4.95. The Balaban J connectivity index is 1.11. The van der Waals surface area contributed by atoms with Crippen LogP contribution in [0.15, 0.2) is 48.8 Å². The van der Waals surface area contributed by atoms with E-state index in [0.29, 0.717) is 6.61 Å². The maximum atomic E-state index is 13.0. The Labute approximate surface area is 202 Å². The van der Waals surface area contributed by atoms with E-state index in [0.717, 1.165) is 60.1 Å². The number of benzene rings is 1. The number of likely N-dealkylation sites (tertiary alicyclic amines) is 2. The van der Waals surface area contributed by atoms with E-state index >= 15 is 0 Å². The molecule has 0 unspecified atom stereocenters. The van der Waals surface area contributed by atoms with Crippen molar-refractivity contribution in [3.05, 3.63) is 65.6 Å². The molecule has 2 aliphatic heterocycles. The van der Waals surface area contributed by atoms with Gasteiger partial charge in [0.2, 0.25) is 0 Å². The fraction of sp³-hybridized carbons (Fsp3) is 0.500. The third kappa shape index (κ3) is 5.44. The molecular formula is C28H36N4O2.